The first-order valence-corrected chi connectivity index (χ1v) is 10.8. The number of hydrogen-bond acceptors (Lipinski definition) is 7. The molecule has 1 aromatic rings. The third-order valence-electron chi connectivity index (χ3n) is 5.41. The number of rotatable bonds is 6. The summed E-state index contributed by atoms with van der Waals surface area (Å²) in [5.74, 6) is 2.24. The fraction of sp³-hybridized carbons (Fsp3) is 0.333. The minimum Gasteiger partial charge on any atom is -0.393 e. The molecule has 1 atom stereocenters. The van der Waals surface area contributed by atoms with E-state index in [4.69, 9.17) is 11.6 Å². The number of aromatic nitrogens is 2. The molecule has 10 nitrogen and oxygen atoms in total. The Bertz CT molecular complexity index is 1160. The summed E-state index contributed by atoms with van der Waals surface area (Å²) < 4.78 is 79.7. The van der Waals surface area contributed by atoms with Crippen LogP contribution >= 0.6 is 0 Å². The van der Waals surface area contributed by atoms with E-state index in [9.17, 15) is 31.1 Å². The number of aromatic amines is 1. The van der Waals surface area contributed by atoms with Crippen molar-refractivity contribution in [2.45, 2.75) is 18.6 Å². The van der Waals surface area contributed by atoms with Crippen LogP contribution in [-0.4, -0.2) is 65.5 Å². The van der Waals surface area contributed by atoms with Crippen molar-refractivity contribution < 1.29 is 36.1 Å². The zero-order valence-electron chi connectivity index (χ0n) is 19.3. The normalized spacial score (nSPS) is 19.5. The van der Waals surface area contributed by atoms with Gasteiger partial charge in [0, 0.05) is 18.7 Å². The number of nitrogens with two attached hydrogens (primary N) is 2. The molecule has 0 saturated carbocycles. The Kier molecular flexibility index (Phi) is 8.42. The van der Waals surface area contributed by atoms with Crippen molar-refractivity contribution in [2.24, 2.45) is 16.7 Å². The topological polar surface area (TPSA) is 130 Å². The van der Waals surface area contributed by atoms with Crippen LogP contribution in [0.2, 0.25) is 0 Å². The average molecular weight is 532 g/mol. The highest BCUT2D eigenvalue weighted by Crippen LogP contribution is 2.28. The lowest BCUT2D eigenvalue weighted by Gasteiger charge is -2.34. The van der Waals surface area contributed by atoms with E-state index in [0.29, 0.717) is 12.5 Å². The number of halogens is 6. The number of allylic oxidation sites excluding steroid dienone is 5. The van der Waals surface area contributed by atoms with Crippen LogP contribution in [0.4, 0.5) is 37.1 Å². The number of carbonyl (C=O) groups excluding carboxylic acids is 1. The first-order valence-electron chi connectivity index (χ1n) is 10.8. The molecule has 2 aliphatic rings. The lowest BCUT2D eigenvalue weighted by molar-refractivity contribution is -0.371. The molecule has 37 heavy (non-hydrogen) atoms. The number of nitrogens with one attached hydrogen (secondary N) is 2. The summed E-state index contributed by atoms with van der Waals surface area (Å²) in [6.07, 6.45) is 0.646. The Morgan fingerprint density at radius 1 is 1.24 bits per heavy atom. The van der Waals surface area contributed by atoms with Gasteiger partial charge < -0.3 is 16.1 Å². The summed E-state index contributed by atoms with van der Waals surface area (Å²) >= 11 is 0. The van der Waals surface area contributed by atoms with E-state index in [1.54, 1.807) is 10.3 Å². The summed E-state index contributed by atoms with van der Waals surface area (Å²) in [6.45, 7) is 3.67. The minimum absolute atomic E-state index is 0.0305. The molecule has 0 bridgehead atoms. The maximum atomic E-state index is 14.3. The molecule has 0 spiro atoms. The lowest BCUT2D eigenvalue weighted by atomic mass is 10.2. The van der Waals surface area contributed by atoms with Gasteiger partial charge in [0.1, 0.15) is 29.2 Å². The van der Waals surface area contributed by atoms with E-state index in [0.717, 1.165) is 17.3 Å². The van der Waals surface area contributed by atoms with Crippen molar-refractivity contribution in [1.29, 1.82) is 0 Å². The zero-order valence-corrected chi connectivity index (χ0v) is 19.3. The average Bonchev–Trinajstić information content (AvgIpc) is 3.31. The molecule has 0 radical (unpaired) electrons. The standard InChI is InChI=1S/C21H23F6N9O/c1-12(22)10-13(23)2-3-14-4-5-31-36(14)20(37)35-8-6-34(7-9-35)19-30-11-15(24)16(32-19)17(33-29)18(28)21(25,26)27/h2-3,5,10-11,14,33H,1,4,6-9,28-29H2/p+1. The molecule has 1 fully saturated rings. The number of carbonyl (C=O) groups is 1. The Morgan fingerprint density at radius 3 is 2.51 bits per heavy atom. The van der Waals surface area contributed by atoms with Crippen molar-refractivity contribution in [3.05, 3.63) is 59.9 Å². The van der Waals surface area contributed by atoms with E-state index < -0.39 is 52.8 Å². The predicted molar refractivity (Wildman–Crippen MR) is 122 cm³/mol. The maximum Gasteiger partial charge on any atom is 0.432 e. The van der Waals surface area contributed by atoms with Crippen LogP contribution in [-0.2, 0) is 0 Å². The molecule has 16 heteroatoms. The quantitative estimate of drug-likeness (QED) is 0.222. The molecule has 0 aliphatic carbocycles. The van der Waals surface area contributed by atoms with Crippen molar-refractivity contribution in [1.82, 2.24) is 20.3 Å². The Morgan fingerprint density at radius 2 is 1.92 bits per heavy atom. The molecule has 1 aromatic heterocycles. The summed E-state index contributed by atoms with van der Waals surface area (Å²) in [7, 11) is 0. The molecule has 3 heterocycles. The first-order chi connectivity index (χ1) is 17.4. The molecular weight excluding hydrogens is 508 g/mol. The number of hydrogen-bond donors (Lipinski definition) is 3. The summed E-state index contributed by atoms with van der Waals surface area (Å²) in [6, 6.07) is -1.05. The molecule has 200 valence electrons. The molecule has 0 aromatic carbocycles. The number of alkyl halides is 3. The van der Waals surface area contributed by atoms with Gasteiger partial charge in [-0.25, -0.2) is 23.6 Å². The smallest absolute Gasteiger partial charge is 0.393 e. The van der Waals surface area contributed by atoms with Crippen LogP contribution in [0.25, 0.3) is 5.70 Å². The van der Waals surface area contributed by atoms with Gasteiger partial charge in [-0.2, -0.15) is 22.7 Å². The van der Waals surface area contributed by atoms with E-state index in [1.165, 1.54) is 17.2 Å². The number of hydrazine groups is 1. The minimum atomic E-state index is -4.98. The van der Waals surface area contributed by atoms with Gasteiger partial charge in [-0.1, -0.05) is 17.6 Å². The number of nitrogens with zero attached hydrogens (tertiary/aromatic N) is 5. The summed E-state index contributed by atoms with van der Waals surface area (Å²) in [5.41, 5.74) is 3.53. The van der Waals surface area contributed by atoms with Gasteiger partial charge in [0.2, 0.25) is 5.69 Å². The third kappa shape index (κ3) is 6.58. The van der Waals surface area contributed by atoms with Gasteiger partial charge in [0.15, 0.2) is 5.82 Å². The molecule has 6 N–H and O–H groups in total. The molecule has 3 rings (SSSR count). The van der Waals surface area contributed by atoms with Crippen LogP contribution in [0.3, 0.4) is 0 Å². The number of urea groups is 1. The van der Waals surface area contributed by atoms with Crippen molar-refractivity contribution >= 4 is 23.9 Å². The Hall–Kier alpha value is -4.08. The molecule has 1 unspecified atom stereocenters. The SMILES string of the molecule is C=C(F)C=C(F)C=CC1CC=NN1C(=O)N1CCN(c2nc(C(NN)=C(N)C(F)(F)F)c(F)c[nH+]2)CC1. The number of H-pyrrole nitrogens is 1. The number of hydrazone groups is 1. The van der Waals surface area contributed by atoms with Gasteiger partial charge in [0.05, 0.1) is 32.2 Å². The second-order valence-corrected chi connectivity index (χ2v) is 7.89. The first kappa shape index (κ1) is 27.5. The van der Waals surface area contributed by atoms with Crippen LogP contribution in [0.1, 0.15) is 12.1 Å². The molecule has 2 aliphatic heterocycles. The second-order valence-electron chi connectivity index (χ2n) is 7.89. The Labute approximate surface area is 207 Å². The van der Waals surface area contributed by atoms with Gasteiger partial charge in [-0.05, 0) is 6.08 Å². The lowest BCUT2D eigenvalue weighted by Crippen LogP contribution is -2.53. The highest BCUT2D eigenvalue weighted by atomic mass is 19.4. The number of anilines is 1. The monoisotopic (exact) mass is 532 g/mol. The molecular formula is C21H24F6N9O+. The molecule has 2 amide bonds. The largest absolute Gasteiger partial charge is 0.432 e. The van der Waals surface area contributed by atoms with Crippen molar-refractivity contribution in [3.63, 3.8) is 0 Å². The van der Waals surface area contributed by atoms with Crippen LogP contribution < -0.4 is 26.9 Å². The van der Waals surface area contributed by atoms with Crippen molar-refractivity contribution in [3.8, 4) is 0 Å². The highest BCUT2D eigenvalue weighted by molar-refractivity contribution is 5.79. The van der Waals surface area contributed by atoms with E-state index in [2.05, 4.69) is 21.6 Å². The second kappa shape index (κ2) is 11.3. The highest BCUT2D eigenvalue weighted by Gasteiger charge is 2.38. The number of piperazine rings is 1. The van der Waals surface area contributed by atoms with Gasteiger partial charge in [-0.15, -0.1) is 0 Å². The summed E-state index contributed by atoms with van der Waals surface area (Å²) in [5, 5.41) is 5.19. The maximum absolute atomic E-state index is 14.3. The van der Waals surface area contributed by atoms with Gasteiger partial charge in [0.25, 0.3) is 0 Å². The van der Waals surface area contributed by atoms with E-state index in [-0.39, 0.29) is 32.1 Å². The van der Waals surface area contributed by atoms with Crippen LogP contribution in [0.5, 0.6) is 0 Å². The number of amides is 2. The fourth-order valence-electron chi connectivity index (χ4n) is 3.58. The van der Waals surface area contributed by atoms with E-state index >= 15 is 0 Å². The fourth-order valence-corrected chi connectivity index (χ4v) is 3.58. The molecule has 1 saturated heterocycles. The zero-order chi connectivity index (χ0) is 27.3. The van der Waals surface area contributed by atoms with E-state index in [1.807, 2.05) is 0 Å². The third-order valence-corrected chi connectivity index (χ3v) is 5.41. The predicted octanol–water partition coefficient (Wildman–Crippen LogP) is 1.88. The van der Waals surface area contributed by atoms with Crippen molar-refractivity contribution in [2.75, 3.05) is 31.1 Å². The van der Waals surface area contributed by atoms with Crippen LogP contribution in [0, 0.1) is 5.82 Å². The van der Waals surface area contributed by atoms with Gasteiger partial charge >= 0.3 is 18.2 Å². The van der Waals surface area contributed by atoms with Crippen LogP contribution in [0.15, 0.2) is 53.5 Å². The summed E-state index contributed by atoms with van der Waals surface area (Å²) in [4.78, 5) is 22.5. The Balaban J connectivity index is 1.70. The van der Waals surface area contributed by atoms with Gasteiger partial charge in [-0.3, -0.25) is 10.7 Å².